The first kappa shape index (κ1) is 19.6. The van der Waals surface area contributed by atoms with Crippen LogP contribution < -0.4 is 5.32 Å². The second-order valence-corrected chi connectivity index (χ2v) is 9.08. The number of sulfonamides is 1. The molecule has 0 radical (unpaired) electrons. The number of carbonyl (C=O) groups excluding carboxylic acids is 1. The molecule has 9 heteroatoms. The van der Waals surface area contributed by atoms with Crippen LogP contribution in [0.2, 0.25) is 5.02 Å². The van der Waals surface area contributed by atoms with Crippen molar-refractivity contribution in [1.82, 2.24) is 19.4 Å². The Bertz CT molecular complexity index is 1150. The second-order valence-electron chi connectivity index (χ2n) is 6.71. The standard InChI is InChI=1S/C20H19ClN4O3S/c21-16-7-4-8-18(11-16)29(27,28)24-9-10-25-17(14-24)12-19(23-25)20(26)22-13-15-5-2-1-3-6-15/h1-8,11-12H,9-10,13-14H2,(H,22,26). The number of rotatable bonds is 5. The summed E-state index contributed by atoms with van der Waals surface area (Å²) in [6.45, 7) is 1.20. The number of amides is 1. The average Bonchev–Trinajstić information content (AvgIpc) is 3.16. The van der Waals surface area contributed by atoms with E-state index < -0.39 is 10.0 Å². The summed E-state index contributed by atoms with van der Waals surface area (Å²) in [5.41, 5.74) is 1.94. The number of nitrogens with zero attached hydrogens (tertiary/aromatic N) is 3. The van der Waals surface area contributed by atoms with E-state index >= 15 is 0 Å². The predicted molar refractivity (Wildman–Crippen MR) is 109 cm³/mol. The summed E-state index contributed by atoms with van der Waals surface area (Å²) < 4.78 is 28.9. The Kier molecular flexibility index (Phi) is 5.40. The van der Waals surface area contributed by atoms with Crippen LogP contribution in [0.3, 0.4) is 0 Å². The molecular formula is C20H19ClN4O3S. The van der Waals surface area contributed by atoms with E-state index in [4.69, 9.17) is 11.6 Å². The van der Waals surface area contributed by atoms with Gasteiger partial charge in [-0.1, -0.05) is 48.0 Å². The quantitative estimate of drug-likeness (QED) is 0.674. The van der Waals surface area contributed by atoms with E-state index in [-0.39, 0.29) is 29.6 Å². The minimum absolute atomic E-state index is 0.147. The van der Waals surface area contributed by atoms with Gasteiger partial charge in [-0.3, -0.25) is 9.48 Å². The molecule has 1 aromatic heterocycles. The zero-order chi connectivity index (χ0) is 20.4. The lowest BCUT2D eigenvalue weighted by Gasteiger charge is -2.26. The maximum atomic E-state index is 12.9. The van der Waals surface area contributed by atoms with Gasteiger partial charge in [0.25, 0.3) is 5.91 Å². The van der Waals surface area contributed by atoms with E-state index in [0.717, 1.165) is 5.56 Å². The Balaban J connectivity index is 1.48. The fourth-order valence-corrected chi connectivity index (χ4v) is 4.91. The largest absolute Gasteiger partial charge is 0.347 e. The molecule has 0 fully saturated rings. The third-order valence-electron chi connectivity index (χ3n) is 4.73. The van der Waals surface area contributed by atoms with E-state index in [1.807, 2.05) is 30.3 Å². The molecule has 2 aromatic carbocycles. The SMILES string of the molecule is O=C(NCc1ccccc1)c1cc2n(n1)CCN(S(=O)(=O)c1cccc(Cl)c1)C2. The molecule has 2 heterocycles. The number of carbonyl (C=O) groups is 1. The van der Waals surface area contributed by atoms with Crippen LogP contribution in [0.4, 0.5) is 0 Å². The van der Waals surface area contributed by atoms with Gasteiger partial charge in [-0.2, -0.15) is 9.40 Å². The number of benzene rings is 2. The molecule has 0 bridgehead atoms. The lowest BCUT2D eigenvalue weighted by Crippen LogP contribution is -2.38. The lowest BCUT2D eigenvalue weighted by atomic mass is 10.2. The molecule has 1 amide bonds. The van der Waals surface area contributed by atoms with Crippen LogP contribution in [-0.2, 0) is 29.7 Å². The minimum Gasteiger partial charge on any atom is -0.347 e. The first-order valence-electron chi connectivity index (χ1n) is 9.08. The highest BCUT2D eigenvalue weighted by atomic mass is 35.5. The van der Waals surface area contributed by atoms with Crippen molar-refractivity contribution in [3.63, 3.8) is 0 Å². The molecule has 1 aliphatic heterocycles. The smallest absolute Gasteiger partial charge is 0.272 e. The van der Waals surface area contributed by atoms with Crippen molar-refractivity contribution in [3.05, 3.63) is 82.6 Å². The van der Waals surface area contributed by atoms with Crippen molar-refractivity contribution in [2.45, 2.75) is 24.5 Å². The van der Waals surface area contributed by atoms with Gasteiger partial charge < -0.3 is 5.32 Å². The van der Waals surface area contributed by atoms with Crippen LogP contribution >= 0.6 is 11.6 Å². The van der Waals surface area contributed by atoms with Gasteiger partial charge in [0.2, 0.25) is 10.0 Å². The van der Waals surface area contributed by atoms with Crippen LogP contribution in [0, 0.1) is 0 Å². The van der Waals surface area contributed by atoms with Gasteiger partial charge in [-0.25, -0.2) is 8.42 Å². The van der Waals surface area contributed by atoms with E-state index in [0.29, 0.717) is 23.8 Å². The fourth-order valence-electron chi connectivity index (χ4n) is 3.20. The van der Waals surface area contributed by atoms with Crippen molar-refractivity contribution in [1.29, 1.82) is 0 Å². The van der Waals surface area contributed by atoms with Gasteiger partial charge >= 0.3 is 0 Å². The first-order valence-corrected chi connectivity index (χ1v) is 10.9. The molecule has 29 heavy (non-hydrogen) atoms. The first-order chi connectivity index (χ1) is 13.9. The number of halogens is 1. The molecule has 0 saturated heterocycles. The van der Waals surface area contributed by atoms with Crippen LogP contribution in [0.25, 0.3) is 0 Å². The van der Waals surface area contributed by atoms with Crippen molar-refractivity contribution in [2.24, 2.45) is 0 Å². The van der Waals surface area contributed by atoms with Gasteiger partial charge in [0.15, 0.2) is 5.69 Å². The zero-order valence-electron chi connectivity index (χ0n) is 15.5. The van der Waals surface area contributed by atoms with Crippen LogP contribution in [0.5, 0.6) is 0 Å². The number of fused-ring (bicyclic) bond motifs is 1. The molecule has 1 N–H and O–H groups in total. The summed E-state index contributed by atoms with van der Waals surface area (Å²) in [4.78, 5) is 12.6. The number of aromatic nitrogens is 2. The molecule has 0 spiro atoms. The van der Waals surface area contributed by atoms with E-state index in [9.17, 15) is 13.2 Å². The second kappa shape index (κ2) is 7.98. The Morgan fingerprint density at radius 3 is 2.62 bits per heavy atom. The van der Waals surface area contributed by atoms with Crippen LogP contribution in [0.15, 0.2) is 65.6 Å². The van der Waals surface area contributed by atoms with E-state index in [2.05, 4.69) is 10.4 Å². The molecule has 0 unspecified atom stereocenters. The van der Waals surface area contributed by atoms with Gasteiger partial charge in [0.1, 0.15) is 0 Å². The monoisotopic (exact) mass is 430 g/mol. The topological polar surface area (TPSA) is 84.3 Å². The highest BCUT2D eigenvalue weighted by Gasteiger charge is 2.30. The predicted octanol–water partition coefficient (Wildman–Crippen LogP) is 2.67. The highest BCUT2D eigenvalue weighted by Crippen LogP contribution is 2.24. The highest BCUT2D eigenvalue weighted by molar-refractivity contribution is 7.89. The minimum atomic E-state index is -3.68. The Morgan fingerprint density at radius 1 is 1.07 bits per heavy atom. The number of nitrogens with one attached hydrogen (secondary N) is 1. The van der Waals surface area contributed by atoms with Crippen LogP contribution in [-0.4, -0.2) is 35.0 Å². The molecule has 4 rings (SSSR count). The molecule has 150 valence electrons. The van der Waals surface area contributed by atoms with Crippen molar-refractivity contribution >= 4 is 27.5 Å². The van der Waals surface area contributed by atoms with E-state index in [1.165, 1.54) is 16.4 Å². The summed E-state index contributed by atoms with van der Waals surface area (Å²) >= 11 is 5.94. The van der Waals surface area contributed by atoms with E-state index in [1.54, 1.807) is 22.9 Å². The maximum Gasteiger partial charge on any atom is 0.272 e. The molecule has 0 atom stereocenters. The van der Waals surface area contributed by atoms with Crippen molar-refractivity contribution in [3.8, 4) is 0 Å². The molecule has 1 aliphatic rings. The van der Waals surface area contributed by atoms with Gasteiger partial charge in [0, 0.05) is 18.1 Å². The number of hydrogen-bond acceptors (Lipinski definition) is 4. The van der Waals surface area contributed by atoms with Crippen molar-refractivity contribution < 1.29 is 13.2 Å². The van der Waals surface area contributed by atoms with Gasteiger partial charge in [0.05, 0.1) is 23.7 Å². The molecule has 0 saturated carbocycles. The van der Waals surface area contributed by atoms with Gasteiger partial charge in [-0.15, -0.1) is 0 Å². The molecular weight excluding hydrogens is 412 g/mol. The lowest BCUT2D eigenvalue weighted by molar-refractivity contribution is 0.0945. The zero-order valence-corrected chi connectivity index (χ0v) is 17.0. The maximum absolute atomic E-state index is 12.9. The Labute approximate surface area is 174 Å². The molecule has 7 nitrogen and oxygen atoms in total. The summed E-state index contributed by atoms with van der Waals surface area (Å²) in [5, 5.41) is 7.53. The van der Waals surface area contributed by atoms with Gasteiger partial charge in [-0.05, 0) is 29.8 Å². The Morgan fingerprint density at radius 2 is 1.86 bits per heavy atom. The fraction of sp³-hybridized carbons (Fsp3) is 0.200. The third-order valence-corrected chi connectivity index (χ3v) is 6.80. The normalized spacial score (nSPS) is 14.4. The molecule has 3 aromatic rings. The summed E-state index contributed by atoms with van der Waals surface area (Å²) in [6.07, 6.45) is 0. The summed E-state index contributed by atoms with van der Waals surface area (Å²) in [5.74, 6) is -0.292. The Hall–Kier alpha value is -2.68. The third kappa shape index (κ3) is 4.19. The molecule has 0 aliphatic carbocycles. The van der Waals surface area contributed by atoms with Crippen molar-refractivity contribution in [2.75, 3.05) is 6.54 Å². The number of hydrogen-bond donors (Lipinski definition) is 1. The summed E-state index contributed by atoms with van der Waals surface area (Å²) in [7, 11) is -3.68. The van der Waals surface area contributed by atoms with Crippen LogP contribution in [0.1, 0.15) is 21.7 Å². The average molecular weight is 431 g/mol. The summed E-state index contributed by atoms with van der Waals surface area (Å²) in [6, 6.07) is 17.4.